The third-order valence-corrected chi connectivity index (χ3v) is 4.19. The molecule has 24 heavy (non-hydrogen) atoms. The van der Waals surface area contributed by atoms with Crippen LogP contribution in [0.25, 0.3) is 0 Å². The lowest BCUT2D eigenvalue weighted by atomic mass is 10.1. The second-order valence-corrected chi connectivity index (χ2v) is 7.86. The van der Waals surface area contributed by atoms with E-state index in [1.807, 2.05) is 19.9 Å². The van der Waals surface area contributed by atoms with Gasteiger partial charge in [-0.1, -0.05) is 12.1 Å². The maximum absolute atomic E-state index is 13.1. The first-order chi connectivity index (χ1) is 10.8. The molecule has 0 saturated carbocycles. The van der Waals surface area contributed by atoms with Crippen molar-refractivity contribution >= 4 is 39.8 Å². The molecule has 1 unspecified atom stereocenters. The lowest BCUT2D eigenvalue weighted by molar-refractivity contribution is 0.581. The summed E-state index contributed by atoms with van der Waals surface area (Å²) in [6.45, 7) is 5.12. The molecule has 5 nitrogen and oxygen atoms in total. The second-order valence-electron chi connectivity index (χ2n) is 5.60. The summed E-state index contributed by atoms with van der Waals surface area (Å²) in [6.07, 6.45) is 2.40. The number of sulfone groups is 1. The van der Waals surface area contributed by atoms with E-state index in [-0.39, 0.29) is 41.6 Å². The first-order valence-corrected chi connectivity index (χ1v) is 9.83. The highest BCUT2D eigenvalue weighted by molar-refractivity contribution is 14.0. The molecule has 8 heteroatoms. The third-order valence-electron chi connectivity index (χ3n) is 3.21. The molecule has 1 aromatic rings. The molecule has 1 rings (SSSR count). The zero-order chi connectivity index (χ0) is 17.3. The Bertz CT molecular complexity index is 624. The fourth-order valence-electron chi connectivity index (χ4n) is 2.01. The van der Waals surface area contributed by atoms with Crippen LogP contribution < -0.4 is 10.6 Å². The molecule has 138 valence electrons. The summed E-state index contributed by atoms with van der Waals surface area (Å²) in [6, 6.07) is 6.47. The predicted molar refractivity (Wildman–Crippen MR) is 108 cm³/mol. The van der Waals surface area contributed by atoms with Gasteiger partial charge in [-0.05, 0) is 44.4 Å². The quantitative estimate of drug-likeness (QED) is 0.347. The van der Waals surface area contributed by atoms with Crippen LogP contribution in [0, 0.1) is 5.82 Å². The number of benzene rings is 1. The van der Waals surface area contributed by atoms with Crippen molar-refractivity contribution in [3.63, 3.8) is 0 Å². The van der Waals surface area contributed by atoms with Crippen LogP contribution >= 0.6 is 24.0 Å². The Hall–Kier alpha value is -0.900. The molecule has 0 aliphatic carbocycles. The third kappa shape index (κ3) is 10.8. The van der Waals surface area contributed by atoms with E-state index in [1.165, 1.54) is 18.4 Å². The van der Waals surface area contributed by atoms with Crippen molar-refractivity contribution < 1.29 is 12.8 Å². The van der Waals surface area contributed by atoms with Crippen molar-refractivity contribution in [1.29, 1.82) is 0 Å². The van der Waals surface area contributed by atoms with Gasteiger partial charge >= 0.3 is 0 Å². The van der Waals surface area contributed by atoms with Gasteiger partial charge in [-0.25, -0.2) is 12.8 Å². The predicted octanol–water partition coefficient (Wildman–Crippen LogP) is 2.36. The van der Waals surface area contributed by atoms with Crippen LogP contribution in [0.4, 0.5) is 4.39 Å². The van der Waals surface area contributed by atoms with E-state index >= 15 is 0 Å². The van der Waals surface area contributed by atoms with Crippen molar-refractivity contribution in [3.8, 4) is 0 Å². The summed E-state index contributed by atoms with van der Waals surface area (Å²) in [5.74, 6) is 0.542. The Morgan fingerprint density at radius 2 is 2.08 bits per heavy atom. The van der Waals surface area contributed by atoms with E-state index in [0.717, 1.165) is 5.56 Å². The monoisotopic (exact) mass is 471 g/mol. The maximum Gasteiger partial charge on any atom is 0.191 e. The minimum atomic E-state index is -2.96. The number of aliphatic imine (C=N–C) groups is 1. The number of hydrogen-bond acceptors (Lipinski definition) is 3. The van der Waals surface area contributed by atoms with Gasteiger partial charge in [0.25, 0.3) is 0 Å². The Morgan fingerprint density at radius 3 is 2.67 bits per heavy atom. The van der Waals surface area contributed by atoms with Crippen LogP contribution in [0.15, 0.2) is 29.3 Å². The van der Waals surface area contributed by atoms with Gasteiger partial charge in [0.05, 0.1) is 5.75 Å². The lowest BCUT2D eigenvalue weighted by Gasteiger charge is -2.17. The van der Waals surface area contributed by atoms with Crippen molar-refractivity contribution in [2.45, 2.75) is 32.7 Å². The average Bonchev–Trinajstić information content (AvgIpc) is 2.45. The zero-order valence-corrected chi connectivity index (χ0v) is 17.5. The van der Waals surface area contributed by atoms with Gasteiger partial charge in [0, 0.05) is 25.4 Å². The summed E-state index contributed by atoms with van der Waals surface area (Å²) in [7, 11) is -2.96. The molecule has 1 atom stereocenters. The fraction of sp³-hybridized carbons (Fsp3) is 0.562. The largest absolute Gasteiger partial charge is 0.357 e. The molecule has 0 saturated heterocycles. The Kier molecular flexibility index (Phi) is 11.2. The molecule has 0 aliphatic rings. The van der Waals surface area contributed by atoms with Gasteiger partial charge < -0.3 is 10.6 Å². The van der Waals surface area contributed by atoms with Crippen molar-refractivity contribution in [2.24, 2.45) is 4.99 Å². The van der Waals surface area contributed by atoms with E-state index in [0.29, 0.717) is 31.9 Å². The summed E-state index contributed by atoms with van der Waals surface area (Å²) in [4.78, 5) is 4.45. The molecule has 0 radical (unpaired) electrons. The minimum absolute atomic E-state index is 0. The van der Waals surface area contributed by atoms with Crippen LogP contribution in [0.1, 0.15) is 25.8 Å². The van der Waals surface area contributed by atoms with Crippen molar-refractivity contribution in [1.82, 2.24) is 10.6 Å². The molecular formula is C16H27FIN3O2S. The topological polar surface area (TPSA) is 70.6 Å². The number of halogens is 2. The Labute approximate surface area is 161 Å². The van der Waals surface area contributed by atoms with Crippen LogP contribution in [0.3, 0.4) is 0 Å². The summed E-state index contributed by atoms with van der Waals surface area (Å²) in [5.41, 5.74) is 0.898. The van der Waals surface area contributed by atoms with Crippen LogP contribution in [0.5, 0.6) is 0 Å². The standard InChI is InChI=1S/C16H26FN3O2S.HI/c1-4-18-16(20-13(2)9-11-23(3,21)22)19-10-8-14-6-5-7-15(17)12-14;/h5-7,12-13H,4,8-11H2,1-3H3,(H2,18,19,20);1H. The number of nitrogens with one attached hydrogen (secondary N) is 2. The smallest absolute Gasteiger partial charge is 0.191 e. The molecular weight excluding hydrogens is 444 g/mol. The molecule has 0 heterocycles. The van der Waals surface area contributed by atoms with Gasteiger partial charge in [0.1, 0.15) is 15.7 Å². The fourth-order valence-corrected chi connectivity index (χ4v) is 2.79. The Balaban J connectivity index is 0.00000529. The summed E-state index contributed by atoms with van der Waals surface area (Å²) in [5, 5.41) is 6.31. The molecule has 0 aromatic heterocycles. The average molecular weight is 471 g/mol. The van der Waals surface area contributed by atoms with Crippen LogP contribution in [0.2, 0.25) is 0 Å². The van der Waals surface area contributed by atoms with Gasteiger partial charge in [-0.3, -0.25) is 4.99 Å². The molecule has 0 bridgehead atoms. The molecule has 0 fully saturated rings. The normalized spacial score (nSPS) is 13.1. The first kappa shape index (κ1) is 23.1. The molecule has 0 spiro atoms. The number of nitrogens with zero attached hydrogens (tertiary/aromatic N) is 1. The molecule has 0 aliphatic heterocycles. The summed E-state index contributed by atoms with van der Waals surface area (Å²) < 4.78 is 35.5. The maximum atomic E-state index is 13.1. The van der Waals surface area contributed by atoms with E-state index in [9.17, 15) is 12.8 Å². The van der Waals surface area contributed by atoms with E-state index in [4.69, 9.17) is 0 Å². The first-order valence-electron chi connectivity index (χ1n) is 7.77. The van der Waals surface area contributed by atoms with Gasteiger partial charge in [0.2, 0.25) is 0 Å². The highest BCUT2D eigenvalue weighted by atomic mass is 127. The van der Waals surface area contributed by atoms with Gasteiger partial charge in [0.15, 0.2) is 5.96 Å². The zero-order valence-electron chi connectivity index (χ0n) is 14.4. The van der Waals surface area contributed by atoms with Crippen molar-refractivity contribution in [3.05, 3.63) is 35.6 Å². The number of guanidine groups is 1. The van der Waals surface area contributed by atoms with Crippen molar-refractivity contribution in [2.75, 3.05) is 25.1 Å². The molecule has 0 amide bonds. The lowest BCUT2D eigenvalue weighted by Crippen LogP contribution is -2.43. The molecule has 2 N–H and O–H groups in total. The summed E-state index contributed by atoms with van der Waals surface area (Å²) >= 11 is 0. The highest BCUT2D eigenvalue weighted by Crippen LogP contribution is 2.04. The SMILES string of the molecule is CCNC(=NCCc1cccc(F)c1)NC(C)CCS(C)(=O)=O.I. The van der Waals surface area contributed by atoms with Crippen LogP contribution in [-0.4, -0.2) is 45.5 Å². The minimum Gasteiger partial charge on any atom is -0.357 e. The number of hydrogen-bond donors (Lipinski definition) is 2. The second kappa shape index (κ2) is 11.6. The van der Waals surface area contributed by atoms with E-state index in [1.54, 1.807) is 6.07 Å². The van der Waals surface area contributed by atoms with Crippen LogP contribution in [-0.2, 0) is 16.3 Å². The van der Waals surface area contributed by atoms with E-state index in [2.05, 4.69) is 15.6 Å². The Morgan fingerprint density at radius 1 is 1.38 bits per heavy atom. The van der Waals surface area contributed by atoms with Gasteiger partial charge in [-0.15, -0.1) is 24.0 Å². The molecule has 1 aromatic carbocycles. The van der Waals surface area contributed by atoms with Gasteiger partial charge in [-0.2, -0.15) is 0 Å². The highest BCUT2D eigenvalue weighted by Gasteiger charge is 2.09. The van der Waals surface area contributed by atoms with E-state index < -0.39 is 9.84 Å². The number of rotatable bonds is 8.